The van der Waals surface area contributed by atoms with E-state index in [-0.39, 0.29) is 11.1 Å². The molecule has 1 amide bonds. The summed E-state index contributed by atoms with van der Waals surface area (Å²) in [6.07, 6.45) is 0. The van der Waals surface area contributed by atoms with Crippen molar-refractivity contribution in [1.29, 1.82) is 0 Å². The molecule has 2 aromatic carbocycles. The highest BCUT2D eigenvalue weighted by Gasteiger charge is 2.08. The quantitative estimate of drug-likeness (QED) is 0.930. The minimum absolute atomic E-state index is 0.0493. The van der Waals surface area contributed by atoms with Gasteiger partial charge in [0.25, 0.3) is 5.91 Å². The number of rotatable bonds is 3. The number of hydrogen-bond acceptors (Lipinski definition) is 3. The van der Waals surface area contributed by atoms with Gasteiger partial charge in [0, 0.05) is 5.56 Å². The van der Waals surface area contributed by atoms with Gasteiger partial charge in [0.15, 0.2) is 0 Å². The van der Waals surface area contributed by atoms with Crippen LogP contribution in [0.3, 0.4) is 0 Å². The molecule has 19 heavy (non-hydrogen) atoms. The molecule has 0 unspecified atom stereocenters. The van der Waals surface area contributed by atoms with Crippen LogP contribution in [0, 0.1) is 0 Å². The van der Waals surface area contributed by atoms with Crippen molar-refractivity contribution in [3.8, 4) is 0 Å². The predicted octanol–water partition coefficient (Wildman–Crippen LogP) is 1.96. The maximum absolute atomic E-state index is 12.0. The number of carboxylic acid groups (broad SMARTS) is 1. The zero-order valence-electron chi connectivity index (χ0n) is 9.72. The summed E-state index contributed by atoms with van der Waals surface area (Å²) >= 11 is 5.92. The molecule has 0 fully saturated rings. The molecule has 0 atom stereocenters. The lowest BCUT2D eigenvalue weighted by Crippen LogP contribution is -2.23. The first-order valence-electron chi connectivity index (χ1n) is 5.45. The zero-order valence-corrected chi connectivity index (χ0v) is 10.5. The van der Waals surface area contributed by atoms with E-state index < -0.39 is 11.9 Å². The first-order valence-corrected chi connectivity index (χ1v) is 5.83. The number of benzene rings is 2. The van der Waals surface area contributed by atoms with Gasteiger partial charge >= 0.3 is 0 Å². The summed E-state index contributed by atoms with van der Waals surface area (Å²) in [5, 5.41) is 13.7. The lowest BCUT2D eigenvalue weighted by molar-refractivity contribution is -0.255. The first-order chi connectivity index (χ1) is 9.08. The molecule has 2 rings (SSSR count). The molecule has 2 aromatic rings. The SMILES string of the molecule is O=C([O-])c1cccc(C(=O)Nc2ccccc2Cl)c1. The Morgan fingerprint density at radius 3 is 2.37 bits per heavy atom. The Bertz CT molecular complexity index is 640. The summed E-state index contributed by atoms with van der Waals surface area (Å²) in [5.74, 6) is -1.76. The van der Waals surface area contributed by atoms with E-state index in [0.29, 0.717) is 10.7 Å². The number of carboxylic acids is 1. The van der Waals surface area contributed by atoms with Crippen molar-refractivity contribution in [2.75, 3.05) is 5.32 Å². The standard InChI is InChI=1S/C14H10ClNO3/c15-11-6-1-2-7-12(11)16-13(17)9-4-3-5-10(8-9)14(18)19/h1-8H,(H,16,17)(H,18,19)/p-1. The fourth-order valence-electron chi connectivity index (χ4n) is 1.54. The van der Waals surface area contributed by atoms with Gasteiger partial charge in [-0.05, 0) is 29.8 Å². The minimum Gasteiger partial charge on any atom is -0.545 e. The number of nitrogens with one attached hydrogen (secondary N) is 1. The van der Waals surface area contributed by atoms with E-state index in [0.717, 1.165) is 0 Å². The summed E-state index contributed by atoms with van der Waals surface area (Å²) in [4.78, 5) is 22.7. The van der Waals surface area contributed by atoms with Crippen molar-refractivity contribution in [3.05, 3.63) is 64.7 Å². The zero-order chi connectivity index (χ0) is 13.8. The second-order valence-electron chi connectivity index (χ2n) is 3.80. The topological polar surface area (TPSA) is 69.2 Å². The number of aromatic carboxylic acids is 1. The smallest absolute Gasteiger partial charge is 0.255 e. The summed E-state index contributed by atoms with van der Waals surface area (Å²) in [6.45, 7) is 0. The van der Waals surface area contributed by atoms with E-state index in [1.165, 1.54) is 24.3 Å². The normalized spacial score (nSPS) is 9.95. The molecule has 0 bridgehead atoms. The van der Waals surface area contributed by atoms with Crippen LogP contribution in [0.1, 0.15) is 20.7 Å². The number of carbonyl (C=O) groups excluding carboxylic acids is 2. The average Bonchev–Trinajstić information content (AvgIpc) is 2.41. The van der Waals surface area contributed by atoms with E-state index in [2.05, 4.69) is 5.32 Å². The van der Waals surface area contributed by atoms with Gasteiger partial charge in [-0.3, -0.25) is 4.79 Å². The van der Waals surface area contributed by atoms with Crippen LogP contribution in [-0.4, -0.2) is 11.9 Å². The second kappa shape index (κ2) is 5.54. The summed E-state index contributed by atoms with van der Waals surface area (Å²) in [6, 6.07) is 12.4. The van der Waals surface area contributed by atoms with Gasteiger partial charge in [0.05, 0.1) is 16.7 Å². The number of halogens is 1. The Kier molecular flexibility index (Phi) is 3.82. The fraction of sp³-hybridized carbons (Fsp3) is 0. The Balaban J connectivity index is 2.23. The van der Waals surface area contributed by atoms with E-state index in [1.807, 2.05) is 0 Å². The van der Waals surface area contributed by atoms with Crippen molar-refractivity contribution >= 4 is 29.2 Å². The van der Waals surface area contributed by atoms with Gasteiger partial charge in [0.2, 0.25) is 0 Å². The Hall–Kier alpha value is -2.33. The molecule has 0 aliphatic carbocycles. The van der Waals surface area contributed by atoms with Gasteiger partial charge in [-0.2, -0.15) is 0 Å². The Labute approximate surface area is 114 Å². The maximum atomic E-state index is 12.0. The van der Waals surface area contributed by atoms with Gasteiger partial charge in [-0.15, -0.1) is 0 Å². The second-order valence-corrected chi connectivity index (χ2v) is 4.21. The predicted molar refractivity (Wildman–Crippen MR) is 70.2 cm³/mol. The van der Waals surface area contributed by atoms with Crippen LogP contribution < -0.4 is 10.4 Å². The van der Waals surface area contributed by atoms with E-state index >= 15 is 0 Å². The van der Waals surface area contributed by atoms with Crippen molar-refractivity contribution in [2.24, 2.45) is 0 Å². The van der Waals surface area contributed by atoms with Crippen LogP contribution in [0.15, 0.2) is 48.5 Å². The molecule has 0 aliphatic heterocycles. The van der Waals surface area contributed by atoms with Crippen LogP contribution in [0.4, 0.5) is 5.69 Å². The maximum Gasteiger partial charge on any atom is 0.255 e. The van der Waals surface area contributed by atoms with Crippen molar-refractivity contribution in [1.82, 2.24) is 0 Å². The molecule has 0 spiro atoms. The molecular weight excluding hydrogens is 266 g/mol. The summed E-state index contributed by atoms with van der Waals surface area (Å²) < 4.78 is 0. The highest BCUT2D eigenvalue weighted by atomic mass is 35.5. The molecule has 96 valence electrons. The number of carbonyl (C=O) groups is 2. The molecule has 0 radical (unpaired) electrons. The number of para-hydroxylation sites is 1. The lowest BCUT2D eigenvalue weighted by atomic mass is 10.1. The largest absolute Gasteiger partial charge is 0.545 e. The molecule has 0 saturated carbocycles. The third-order valence-corrected chi connectivity index (χ3v) is 2.81. The number of anilines is 1. The van der Waals surface area contributed by atoms with Crippen LogP contribution in [0.2, 0.25) is 5.02 Å². The molecule has 1 N–H and O–H groups in total. The number of amides is 1. The van der Waals surface area contributed by atoms with Gasteiger partial charge in [0.1, 0.15) is 0 Å². The van der Waals surface area contributed by atoms with Crippen LogP contribution in [0.25, 0.3) is 0 Å². The highest BCUT2D eigenvalue weighted by Crippen LogP contribution is 2.21. The monoisotopic (exact) mass is 274 g/mol. The minimum atomic E-state index is -1.33. The highest BCUT2D eigenvalue weighted by molar-refractivity contribution is 6.33. The van der Waals surface area contributed by atoms with Crippen molar-refractivity contribution < 1.29 is 14.7 Å². The fourth-order valence-corrected chi connectivity index (χ4v) is 1.73. The Morgan fingerprint density at radius 2 is 1.68 bits per heavy atom. The van der Waals surface area contributed by atoms with Crippen LogP contribution in [0.5, 0.6) is 0 Å². The molecule has 0 aliphatic rings. The van der Waals surface area contributed by atoms with E-state index in [4.69, 9.17) is 11.6 Å². The third kappa shape index (κ3) is 3.11. The molecule has 0 aromatic heterocycles. The molecular formula is C14H9ClNO3-. The van der Waals surface area contributed by atoms with Crippen molar-refractivity contribution in [3.63, 3.8) is 0 Å². The summed E-state index contributed by atoms with van der Waals surface area (Å²) in [7, 11) is 0. The summed E-state index contributed by atoms with van der Waals surface area (Å²) in [5.41, 5.74) is 0.640. The van der Waals surface area contributed by atoms with E-state index in [1.54, 1.807) is 24.3 Å². The first kappa shape index (κ1) is 13.1. The molecule has 4 nitrogen and oxygen atoms in total. The third-order valence-electron chi connectivity index (χ3n) is 2.48. The molecule has 0 heterocycles. The lowest BCUT2D eigenvalue weighted by Gasteiger charge is -2.08. The molecule has 0 saturated heterocycles. The number of hydrogen-bond donors (Lipinski definition) is 1. The average molecular weight is 275 g/mol. The van der Waals surface area contributed by atoms with Gasteiger partial charge in [-0.1, -0.05) is 35.9 Å². The van der Waals surface area contributed by atoms with Crippen molar-refractivity contribution in [2.45, 2.75) is 0 Å². The van der Waals surface area contributed by atoms with Crippen LogP contribution >= 0.6 is 11.6 Å². The van der Waals surface area contributed by atoms with E-state index in [9.17, 15) is 14.7 Å². The Morgan fingerprint density at radius 1 is 1.00 bits per heavy atom. The van der Waals surface area contributed by atoms with Gasteiger partial charge < -0.3 is 15.2 Å². The molecule has 5 heteroatoms. The van der Waals surface area contributed by atoms with Crippen LogP contribution in [-0.2, 0) is 0 Å². The van der Waals surface area contributed by atoms with Gasteiger partial charge in [-0.25, -0.2) is 0 Å².